The maximum atomic E-state index is 13.0. The monoisotopic (exact) mass is 400 g/mol. The normalized spacial score (nSPS) is 15.9. The highest BCUT2D eigenvalue weighted by molar-refractivity contribution is 7.92. The third-order valence-electron chi connectivity index (χ3n) is 4.44. The molecule has 0 saturated carbocycles. The zero-order chi connectivity index (χ0) is 20.1. The van der Waals surface area contributed by atoms with Crippen molar-refractivity contribution in [1.29, 1.82) is 0 Å². The molecule has 0 aromatic heterocycles. The zero-order valence-electron chi connectivity index (χ0n) is 15.0. The first kappa shape index (κ1) is 21.4. The molecule has 3 nitrogen and oxygen atoms in total. The molecule has 0 fully saturated rings. The minimum atomic E-state index is -4.60. The van der Waals surface area contributed by atoms with Crippen molar-refractivity contribution in [1.82, 2.24) is 0 Å². The lowest BCUT2D eigenvalue weighted by Gasteiger charge is -2.27. The molecule has 0 aliphatic carbocycles. The fraction of sp³-hybridized carbons (Fsp3) is 0.400. The van der Waals surface area contributed by atoms with Gasteiger partial charge in [-0.15, -0.1) is 0 Å². The molecule has 0 saturated heterocycles. The molecule has 7 heteroatoms. The Hall–Kier alpha value is -1.86. The quantitative estimate of drug-likeness (QED) is 0.720. The summed E-state index contributed by atoms with van der Waals surface area (Å²) < 4.78 is 64.5. The molecule has 148 valence electrons. The molecule has 1 N–H and O–H groups in total. The minimum Gasteiger partial charge on any atom is -0.384 e. The van der Waals surface area contributed by atoms with Crippen molar-refractivity contribution >= 4 is 9.84 Å². The molecule has 0 radical (unpaired) electrons. The molecule has 2 rings (SSSR count). The van der Waals surface area contributed by atoms with Crippen molar-refractivity contribution in [3.8, 4) is 0 Å². The van der Waals surface area contributed by atoms with Gasteiger partial charge in [-0.25, -0.2) is 8.42 Å². The lowest BCUT2D eigenvalue weighted by molar-refractivity contribution is -0.134. The van der Waals surface area contributed by atoms with Crippen LogP contribution < -0.4 is 0 Å². The van der Waals surface area contributed by atoms with E-state index in [4.69, 9.17) is 0 Å². The fourth-order valence-corrected chi connectivity index (χ4v) is 5.13. The first-order valence-corrected chi connectivity index (χ1v) is 10.3. The van der Waals surface area contributed by atoms with E-state index in [2.05, 4.69) is 0 Å². The van der Waals surface area contributed by atoms with Gasteiger partial charge in [-0.2, -0.15) is 13.2 Å². The third-order valence-corrected chi connectivity index (χ3v) is 6.83. The second kappa shape index (κ2) is 8.44. The highest BCUT2D eigenvalue weighted by Crippen LogP contribution is 2.31. The molecular weight excluding hydrogens is 377 g/mol. The van der Waals surface area contributed by atoms with E-state index >= 15 is 0 Å². The van der Waals surface area contributed by atoms with Gasteiger partial charge in [0.2, 0.25) is 0 Å². The number of hydrogen-bond acceptors (Lipinski definition) is 3. The molecule has 2 atom stereocenters. The number of hydrogen-bond donors (Lipinski definition) is 1. The Kier molecular flexibility index (Phi) is 6.70. The fourth-order valence-electron chi connectivity index (χ4n) is 3.03. The van der Waals surface area contributed by atoms with Crippen LogP contribution in [0, 0.1) is 0 Å². The van der Waals surface area contributed by atoms with Gasteiger partial charge < -0.3 is 5.11 Å². The van der Waals surface area contributed by atoms with Gasteiger partial charge in [-0.3, -0.25) is 0 Å². The van der Waals surface area contributed by atoms with Crippen molar-refractivity contribution in [2.45, 2.75) is 43.2 Å². The Bertz CT molecular complexity index is 817. The lowest BCUT2D eigenvalue weighted by atomic mass is 9.99. The molecule has 2 unspecified atom stereocenters. The van der Waals surface area contributed by atoms with Crippen molar-refractivity contribution < 1.29 is 26.7 Å². The van der Waals surface area contributed by atoms with Crippen LogP contribution in [0.4, 0.5) is 13.2 Å². The second-order valence-corrected chi connectivity index (χ2v) is 9.19. The summed E-state index contributed by atoms with van der Waals surface area (Å²) in [5.41, 5.74) is -0.645. The van der Waals surface area contributed by atoms with E-state index in [1.165, 1.54) is 6.92 Å². The van der Waals surface area contributed by atoms with Crippen molar-refractivity contribution in [3.05, 3.63) is 71.8 Å². The number of aryl methyl sites for hydroxylation is 1. The summed E-state index contributed by atoms with van der Waals surface area (Å²) in [6.07, 6.45) is -5.97. The van der Waals surface area contributed by atoms with Gasteiger partial charge in [-0.05, 0) is 30.9 Å². The SMILES string of the molecule is CC(O)(CS(=O)(=O)C(CCc1ccccc1)CC(F)(F)F)c1ccccc1. The predicted molar refractivity (Wildman–Crippen MR) is 99.0 cm³/mol. The van der Waals surface area contributed by atoms with Gasteiger partial charge in [0.15, 0.2) is 9.84 Å². The summed E-state index contributed by atoms with van der Waals surface area (Å²) in [4.78, 5) is 0. The number of benzene rings is 2. The number of aliphatic hydroxyl groups is 1. The van der Waals surface area contributed by atoms with Crippen LogP contribution in [0.1, 0.15) is 30.9 Å². The Morgan fingerprint density at radius 1 is 0.963 bits per heavy atom. The Balaban J connectivity index is 2.21. The summed E-state index contributed by atoms with van der Waals surface area (Å²) in [6.45, 7) is 1.31. The smallest absolute Gasteiger partial charge is 0.384 e. The summed E-state index contributed by atoms with van der Waals surface area (Å²) in [5, 5.41) is 8.99. The van der Waals surface area contributed by atoms with Crippen LogP contribution in [0.25, 0.3) is 0 Å². The maximum Gasteiger partial charge on any atom is 0.390 e. The molecule has 2 aromatic rings. The molecule has 0 aliphatic heterocycles. The number of sulfone groups is 1. The van der Waals surface area contributed by atoms with Crippen molar-refractivity contribution in [2.24, 2.45) is 0 Å². The zero-order valence-corrected chi connectivity index (χ0v) is 15.8. The molecule has 0 amide bonds. The van der Waals surface area contributed by atoms with Crippen molar-refractivity contribution in [3.63, 3.8) is 0 Å². The molecule has 0 aliphatic rings. The van der Waals surface area contributed by atoms with Gasteiger partial charge in [0.05, 0.1) is 17.4 Å². The molecule has 2 aromatic carbocycles. The average molecular weight is 400 g/mol. The van der Waals surface area contributed by atoms with Crippen LogP contribution in [0.15, 0.2) is 60.7 Å². The third kappa shape index (κ3) is 6.66. The number of rotatable bonds is 8. The van der Waals surface area contributed by atoms with Crippen LogP contribution in [0.3, 0.4) is 0 Å². The topological polar surface area (TPSA) is 54.4 Å². The molecular formula is C20H23F3O3S. The van der Waals surface area contributed by atoms with Crippen molar-refractivity contribution in [2.75, 3.05) is 5.75 Å². The summed E-state index contributed by atoms with van der Waals surface area (Å²) >= 11 is 0. The van der Waals surface area contributed by atoms with Crippen LogP contribution in [-0.2, 0) is 21.9 Å². The minimum absolute atomic E-state index is 0.156. The summed E-state index contributed by atoms with van der Waals surface area (Å²) in [7, 11) is -4.20. The molecule has 27 heavy (non-hydrogen) atoms. The second-order valence-electron chi connectivity index (χ2n) is 6.91. The number of alkyl halides is 3. The highest BCUT2D eigenvalue weighted by Gasteiger charge is 2.41. The van der Waals surface area contributed by atoms with E-state index < -0.39 is 39.0 Å². The van der Waals surface area contributed by atoms with E-state index in [-0.39, 0.29) is 12.8 Å². The van der Waals surface area contributed by atoms with Gasteiger partial charge in [-0.1, -0.05) is 60.7 Å². The first-order chi connectivity index (χ1) is 12.5. The van der Waals surface area contributed by atoms with E-state index in [0.717, 1.165) is 5.56 Å². The van der Waals surface area contributed by atoms with Crippen LogP contribution in [0.5, 0.6) is 0 Å². The maximum absolute atomic E-state index is 13.0. The number of halogens is 3. The Labute approximate surface area is 157 Å². The summed E-state index contributed by atoms with van der Waals surface area (Å²) in [6, 6.07) is 16.9. The highest BCUT2D eigenvalue weighted by atomic mass is 32.2. The van der Waals surface area contributed by atoms with E-state index in [9.17, 15) is 26.7 Å². The first-order valence-electron chi connectivity index (χ1n) is 8.60. The van der Waals surface area contributed by atoms with E-state index in [0.29, 0.717) is 5.56 Å². The largest absolute Gasteiger partial charge is 0.390 e. The van der Waals surface area contributed by atoms with Gasteiger partial charge in [0.25, 0.3) is 0 Å². The van der Waals surface area contributed by atoms with Gasteiger partial charge in [0.1, 0.15) is 5.60 Å². The predicted octanol–water partition coefficient (Wildman–Crippen LogP) is 4.26. The van der Waals surface area contributed by atoms with Gasteiger partial charge in [0, 0.05) is 0 Å². The average Bonchev–Trinajstić information content (AvgIpc) is 2.58. The Morgan fingerprint density at radius 2 is 1.48 bits per heavy atom. The van der Waals surface area contributed by atoms with Crippen LogP contribution in [0.2, 0.25) is 0 Å². The summed E-state index contributed by atoms with van der Waals surface area (Å²) in [5.74, 6) is -0.764. The molecule has 0 bridgehead atoms. The van der Waals surface area contributed by atoms with E-state index in [1.54, 1.807) is 60.7 Å². The molecule has 0 heterocycles. The van der Waals surface area contributed by atoms with E-state index in [1.807, 2.05) is 0 Å². The van der Waals surface area contributed by atoms with Crippen LogP contribution in [-0.4, -0.2) is 30.7 Å². The standard InChI is InChI=1S/C20H23F3O3S/c1-19(24,17-10-6-3-7-11-17)15-27(25,26)18(14-20(21,22)23)13-12-16-8-4-2-5-9-16/h2-11,18,24H,12-15H2,1H3. The Morgan fingerprint density at radius 3 is 2.00 bits per heavy atom. The van der Waals surface area contributed by atoms with Gasteiger partial charge >= 0.3 is 6.18 Å². The van der Waals surface area contributed by atoms with Crippen LogP contribution >= 0.6 is 0 Å². The molecule has 0 spiro atoms. The lowest BCUT2D eigenvalue weighted by Crippen LogP contribution is -2.38.